The summed E-state index contributed by atoms with van der Waals surface area (Å²) < 4.78 is 9.48. The van der Waals surface area contributed by atoms with E-state index in [1.165, 1.54) is 11.1 Å². The maximum Gasteiger partial charge on any atom is 0.278 e. The Balaban J connectivity index is 1.33. The van der Waals surface area contributed by atoms with E-state index in [-0.39, 0.29) is 16.9 Å². The van der Waals surface area contributed by atoms with Crippen molar-refractivity contribution in [2.75, 3.05) is 30.4 Å². The molecule has 11 heteroatoms. The number of fused-ring (bicyclic) bond motifs is 6. The molecule has 11 nitrogen and oxygen atoms in total. The first kappa shape index (κ1) is 26.6. The summed E-state index contributed by atoms with van der Waals surface area (Å²) in [5.41, 5.74) is 2.89. The number of rotatable bonds is 2. The third-order valence-electron chi connectivity index (χ3n) is 8.55. The van der Waals surface area contributed by atoms with Gasteiger partial charge in [0.1, 0.15) is 5.39 Å². The fourth-order valence-corrected chi connectivity index (χ4v) is 6.69. The van der Waals surface area contributed by atoms with E-state index in [0.29, 0.717) is 47.5 Å². The van der Waals surface area contributed by atoms with Crippen LogP contribution in [0.15, 0.2) is 41.3 Å². The van der Waals surface area contributed by atoms with Gasteiger partial charge in [0.05, 0.1) is 0 Å². The molecule has 0 unspecified atom stereocenters. The minimum Gasteiger partial charge on any atom is -0.474 e. The molecule has 3 aliphatic rings. The number of likely N-dealkylation sites (N-methyl/N-ethyl adjacent to an activating group) is 1. The number of ether oxygens (including phenoxy) is 1. The highest BCUT2D eigenvalue weighted by Gasteiger charge is 2.42. The number of hydrogen-bond acceptors (Lipinski definition) is 8. The highest BCUT2D eigenvalue weighted by atomic mass is 16.5. The molecule has 0 spiro atoms. The molecule has 3 aromatic heterocycles. The van der Waals surface area contributed by atoms with Crippen molar-refractivity contribution in [1.29, 1.82) is 0 Å². The molecule has 6 heterocycles. The van der Waals surface area contributed by atoms with Crippen LogP contribution < -0.4 is 20.5 Å². The number of anilines is 3. The van der Waals surface area contributed by atoms with Gasteiger partial charge in [-0.25, -0.2) is 19.3 Å². The molecule has 1 N–H and O–H groups in total. The number of carbonyl (C=O) groups is 1. The van der Waals surface area contributed by atoms with E-state index in [1.54, 1.807) is 34.3 Å². The summed E-state index contributed by atoms with van der Waals surface area (Å²) in [6.07, 6.45) is 4.01. The van der Waals surface area contributed by atoms with Crippen molar-refractivity contribution in [3.63, 3.8) is 0 Å². The van der Waals surface area contributed by atoms with Crippen LogP contribution in [-0.4, -0.2) is 60.9 Å². The van der Waals surface area contributed by atoms with Crippen molar-refractivity contribution in [2.45, 2.75) is 71.1 Å². The van der Waals surface area contributed by atoms with Crippen LogP contribution in [-0.2, 0) is 23.3 Å². The van der Waals surface area contributed by atoms with Crippen LogP contribution in [0.5, 0.6) is 5.75 Å². The molecule has 1 aromatic carbocycles. The Morgan fingerprint density at radius 1 is 0.976 bits per heavy atom. The summed E-state index contributed by atoms with van der Waals surface area (Å²) in [5, 5.41) is 3.78. The second-order valence-electron chi connectivity index (χ2n) is 12.8. The van der Waals surface area contributed by atoms with Gasteiger partial charge < -0.3 is 15.0 Å². The van der Waals surface area contributed by atoms with E-state index >= 15 is 0 Å². The van der Waals surface area contributed by atoms with Gasteiger partial charge in [-0.2, -0.15) is 4.98 Å². The van der Waals surface area contributed by atoms with Crippen LogP contribution >= 0.6 is 0 Å². The molecule has 1 amide bonds. The second-order valence-corrected chi connectivity index (χ2v) is 12.8. The number of amides is 1. The Bertz CT molecular complexity index is 1800. The molecule has 0 atom stereocenters. The molecule has 0 radical (unpaired) electrons. The van der Waals surface area contributed by atoms with Gasteiger partial charge >= 0.3 is 0 Å². The van der Waals surface area contributed by atoms with E-state index in [9.17, 15) is 9.59 Å². The number of nitrogens with one attached hydrogen (secondary N) is 1. The lowest BCUT2D eigenvalue weighted by molar-refractivity contribution is -0.132. The van der Waals surface area contributed by atoms with E-state index in [4.69, 9.17) is 14.7 Å². The second kappa shape index (κ2) is 9.38. The zero-order valence-electron chi connectivity index (χ0n) is 24.8. The molecule has 0 fully saturated rings. The zero-order valence-corrected chi connectivity index (χ0v) is 24.8. The predicted molar refractivity (Wildman–Crippen MR) is 161 cm³/mol. The molecule has 0 aliphatic carbocycles. The number of nitrogens with zero attached hydrogens (tertiary/aromatic N) is 7. The summed E-state index contributed by atoms with van der Waals surface area (Å²) >= 11 is 0. The number of benzene rings is 1. The van der Waals surface area contributed by atoms with Crippen molar-refractivity contribution in [1.82, 2.24) is 29.2 Å². The number of hydrogen-bond donors (Lipinski definition) is 1. The van der Waals surface area contributed by atoms with Crippen LogP contribution in [0.2, 0.25) is 0 Å². The van der Waals surface area contributed by atoms with Gasteiger partial charge in [0.25, 0.3) is 11.5 Å². The van der Waals surface area contributed by atoms with E-state index < -0.39 is 5.60 Å². The average Bonchev–Trinajstić information content (AvgIpc) is 3.18. The molecule has 42 heavy (non-hydrogen) atoms. The maximum atomic E-state index is 13.6. The molecule has 0 saturated heterocycles. The van der Waals surface area contributed by atoms with Crippen LogP contribution in [0.3, 0.4) is 0 Å². The Morgan fingerprint density at radius 2 is 1.79 bits per heavy atom. The summed E-state index contributed by atoms with van der Waals surface area (Å²) in [6, 6.07) is 10.0. The summed E-state index contributed by atoms with van der Waals surface area (Å²) in [5.74, 6) is 1.77. The lowest BCUT2D eigenvalue weighted by Crippen LogP contribution is -2.53. The largest absolute Gasteiger partial charge is 0.474 e. The molecular formula is C31H36N8O3. The van der Waals surface area contributed by atoms with Crippen LogP contribution in [0.25, 0.3) is 16.9 Å². The Labute approximate surface area is 244 Å². The number of aromatic nitrogens is 5. The van der Waals surface area contributed by atoms with E-state index in [0.717, 1.165) is 38.0 Å². The van der Waals surface area contributed by atoms with Crippen molar-refractivity contribution in [3.05, 3.63) is 58.0 Å². The average molecular weight is 569 g/mol. The quantitative estimate of drug-likeness (QED) is 0.384. The Kier molecular flexibility index (Phi) is 5.95. The lowest BCUT2D eigenvalue weighted by Gasteiger charge is -2.38. The fourth-order valence-electron chi connectivity index (χ4n) is 6.69. The van der Waals surface area contributed by atoms with Gasteiger partial charge in [-0.1, -0.05) is 19.9 Å². The lowest BCUT2D eigenvalue weighted by atomic mass is 9.78. The molecule has 0 saturated carbocycles. The van der Waals surface area contributed by atoms with Crippen molar-refractivity contribution in [2.24, 2.45) is 0 Å². The van der Waals surface area contributed by atoms with Crippen LogP contribution in [0.1, 0.15) is 58.1 Å². The fraction of sp³-hybridized carbons (Fsp3) is 0.452. The highest BCUT2D eigenvalue weighted by molar-refractivity contribution is 6.01. The van der Waals surface area contributed by atoms with Gasteiger partial charge in [0.15, 0.2) is 28.6 Å². The molecule has 218 valence electrons. The molecule has 4 aromatic rings. The molecule has 2 bridgehead atoms. The minimum absolute atomic E-state index is 0.0690. The van der Waals surface area contributed by atoms with Gasteiger partial charge in [-0.05, 0) is 75.5 Å². The standard InChI is InChI=1S/C31H36N8O3/c1-30(2)18-36(5)17-19-15-20(9-10-22(19)30)33-29-32-16-21-25(35-29)39-24-12-11-23-26(34-24)37(28(41)31(3,4)42-23)13-7-6-8-14-38(39)27(21)40/h9-12,15-16H,6-8,13-14,17-18H2,1-5H3,(H,32,33,35). The maximum absolute atomic E-state index is 13.6. The van der Waals surface area contributed by atoms with Gasteiger partial charge in [0, 0.05) is 43.5 Å². The number of carbonyl (C=O) groups excluding carboxylic acids is 1. The van der Waals surface area contributed by atoms with Gasteiger partial charge in [0.2, 0.25) is 5.95 Å². The summed E-state index contributed by atoms with van der Waals surface area (Å²) in [6.45, 7) is 11.0. The molecular weight excluding hydrogens is 532 g/mol. The normalized spacial score (nSPS) is 19.5. The zero-order chi connectivity index (χ0) is 29.4. The van der Waals surface area contributed by atoms with Crippen LogP contribution in [0, 0.1) is 0 Å². The molecule has 7 rings (SSSR count). The monoisotopic (exact) mass is 568 g/mol. The Hall–Kier alpha value is -4.25. The van der Waals surface area contributed by atoms with E-state index in [2.05, 4.69) is 54.3 Å². The first-order valence-electron chi connectivity index (χ1n) is 14.6. The third-order valence-corrected chi connectivity index (χ3v) is 8.55. The van der Waals surface area contributed by atoms with Crippen molar-refractivity contribution >= 4 is 34.4 Å². The summed E-state index contributed by atoms with van der Waals surface area (Å²) in [7, 11) is 2.14. The Morgan fingerprint density at radius 3 is 2.62 bits per heavy atom. The third kappa shape index (κ3) is 4.25. The smallest absolute Gasteiger partial charge is 0.278 e. The highest BCUT2D eigenvalue weighted by Crippen LogP contribution is 2.38. The SMILES string of the molecule is CN1Cc2cc(Nc3ncc4c(=O)n5n(c4n3)-c3ccc4c(n3)N(CCCCC5)C(=O)C(C)(C)O4)ccc2C(C)(C)C1. The van der Waals surface area contributed by atoms with Crippen molar-refractivity contribution in [3.8, 4) is 11.6 Å². The van der Waals surface area contributed by atoms with Crippen molar-refractivity contribution < 1.29 is 9.53 Å². The van der Waals surface area contributed by atoms with Gasteiger partial charge in [-0.3, -0.25) is 14.5 Å². The minimum atomic E-state index is -0.978. The predicted octanol–water partition coefficient (Wildman–Crippen LogP) is 4.13. The molecule has 3 aliphatic heterocycles. The van der Waals surface area contributed by atoms with E-state index in [1.807, 2.05) is 12.1 Å². The number of pyridine rings is 1. The first-order valence-corrected chi connectivity index (χ1v) is 14.6. The van der Waals surface area contributed by atoms with Gasteiger partial charge in [-0.15, -0.1) is 0 Å². The first-order chi connectivity index (χ1) is 20.0. The summed E-state index contributed by atoms with van der Waals surface area (Å²) in [4.78, 5) is 45.2. The van der Waals surface area contributed by atoms with Crippen LogP contribution in [0.4, 0.5) is 17.5 Å². The topological polar surface area (TPSA) is 110 Å².